The molecule has 5 heteroatoms. The lowest BCUT2D eigenvalue weighted by atomic mass is 10.1. The second-order valence-corrected chi connectivity index (χ2v) is 5.36. The Morgan fingerprint density at radius 3 is 2.22 bits per heavy atom. The van der Waals surface area contributed by atoms with Crippen LogP contribution < -0.4 is 5.73 Å². The summed E-state index contributed by atoms with van der Waals surface area (Å²) < 4.78 is 0. The average Bonchev–Trinajstić information content (AvgIpc) is 2.89. The first-order chi connectivity index (χ1) is 8.68. The van der Waals surface area contributed by atoms with Gasteiger partial charge >= 0.3 is 6.03 Å². The van der Waals surface area contributed by atoms with Gasteiger partial charge in [0.2, 0.25) is 5.91 Å². The van der Waals surface area contributed by atoms with Crippen LogP contribution in [-0.2, 0) is 4.79 Å². The minimum Gasteiger partial charge on any atom is -0.368 e. The lowest BCUT2D eigenvalue weighted by Crippen LogP contribution is -2.51. The largest absolute Gasteiger partial charge is 0.368 e. The van der Waals surface area contributed by atoms with Crippen LogP contribution in [0.4, 0.5) is 4.79 Å². The van der Waals surface area contributed by atoms with Crippen LogP contribution in [0.15, 0.2) is 0 Å². The second-order valence-electron chi connectivity index (χ2n) is 5.36. The molecular weight excluding hydrogens is 230 g/mol. The van der Waals surface area contributed by atoms with Crippen LogP contribution in [0.25, 0.3) is 0 Å². The molecule has 2 N–H and O–H groups in total. The van der Waals surface area contributed by atoms with Crippen molar-refractivity contribution in [1.29, 1.82) is 0 Å². The Hall–Kier alpha value is -1.26. The molecule has 1 saturated carbocycles. The molecule has 0 aromatic rings. The summed E-state index contributed by atoms with van der Waals surface area (Å²) >= 11 is 0. The normalized spacial score (nSPS) is 21.0. The molecule has 0 radical (unpaired) electrons. The lowest BCUT2D eigenvalue weighted by Gasteiger charge is -2.35. The summed E-state index contributed by atoms with van der Waals surface area (Å²) in [6.07, 6.45) is 7.64. The third kappa shape index (κ3) is 3.15. The average molecular weight is 253 g/mol. The highest BCUT2D eigenvalue weighted by Gasteiger charge is 2.31. The van der Waals surface area contributed by atoms with Gasteiger partial charge in [-0.25, -0.2) is 4.79 Å². The van der Waals surface area contributed by atoms with E-state index in [1.165, 1.54) is 6.42 Å². The summed E-state index contributed by atoms with van der Waals surface area (Å²) in [6.45, 7) is 1.71. The third-order valence-electron chi connectivity index (χ3n) is 3.96. The van der Waals surface area contributed by atoms with Gasteiger partial charge in [-0.2, -0.15) is 0 Å². The van der Waals surface area contributed by atoms with Gasteiger partial charge in [-0.05, 0) is 32.1 Å². The molecule has 0 unspecified atom stereocenters. The van der Waals surface area contributed by atoms with Crippen molar-refractivity contribution < 1.29 is 9.59 Å². The number of nitrogens with two attached hydrogens (primary N) is 1. The van der Waals surface area contributed by atoms with Gasteiger partial charge in [0.1, 0.15) is 6.54 Å². The summed E-state index contributed by atoms with van der Waals surface area (Å²) in [5.74, 6) is -0.410. The molecule has 3 amide bonds. The van der Waals surface area contributed by atoms with Gasteiger partial charge in [0.25, 0.3) is 0 Å². The van der Waals surface area contributed by atoms with Crippen LogP contribution in [0.1, 0.15) is 44.9 Å². The van der Waals surface area contributed by atoms with Crippen molar-refractivity contribution in [3.8, 4) is 0 Å². The summed E-state index contributed by atoms with van der Waals surface area (Å²) in [5, 5.41) is 0. The Bertz CT molecular complexity index is 307. The number of rotatable bonds is 3. The Labute approximate surface area is 108 Å². The van der Waals surface area contributed by atoms with Crippen LogP contribution in [-0.4, -0.2) is 47.4 Å². The van der Waals surface area contributed by atoms with E-state index in [1.54, 1.807) is 4.90 Å². The minimum atomic E-state index is -0.410. The van der Waals surface area contributed by atoms with Crippen molar-refractivity contribution in [1.82, 2.24) is 9.80 Å². The van der Waals surface area contributed by atoms with E-state index in [1.807, 2.05) is 4.90 Å². The van der Waals surface area contributed by atoms with Crippen LogP contribution in [0.3, 0.4) is 0 Å². The molecule has 0 aromatic heterocycles. The lowest BCUT2D eigenvalue weighted by molar-refractivity contribution is -0.119. The van der Waals surface area contributed by atoms with E-state index in [0.717, 1.165) is 51.6 Å². The van der Waals surface area contributed by atoms with Gasteiger partial charge in [0, 0.05) is 19.1 Å². The molecule has 1 saturated heterocycles. The van der Waals surface area contributed by atoms with Crippen LogP contribution >= 0.6 is 0 Å². The maximum atomic E-state index is 12.5. The number of urea groups is 1. The first-order valence-corrected chi connectivity index (χ1v) is 7.02. The minimum absolute atomic E-state index is 0.0143. The third-order valence-corrected chi connectivity index (χ3v) is 3.96. The Morgan fingerprint density at radius 2 is 1.67 bits per heavy atom. The van der Waals surface area contributed by atoms with Crippen molar-refractivity contribution in [2.75, 3.05) is 19.6 Å². The van der Waals surface area contributed by atoms with E-state index in [-0.39, 0.29) is 18.6 Å². The topological polar surface area (TPSA) is 66.6 Å². The SMILES string of the molecule is NC(=O)CN(C(=O)N1CCCCC1)C1CCCC1. The quantitative estimate of drug-likeness (QED) is 0.824. The molecule has 1 heterocycles. The molecule has 0 aromatic carbocycles. The maximum Gasteiger partial charge on any atom is 0.320 e. The number of carbonyl (C=O) groups excluding carboxylic acids is 2. The van der Waals surface area contributed by atoms with Crippen molar-refractivity contribution in [2.45, 2.75) is 51.0 Å². The summed E-state index contributed by atoms with van der Waals surface area (Å²) in [6, 6.07) is 0.229. The molecule has 0 atom stereocenters. The van der Waals surface area contributed by atoms with Gasteiger partial charge < -0.3 is 15.5 Å². The molecule has 5 nitrogen and oxygen atoms in total. The monoisotopic (exact) mass is 253 g/mol. The molecule has 1 aliphatic carbocycles. The number of nitrogens with zero attached hydrogens (tertiary/aromatic N) is 2. The predicted octanol–water partition coefficient (Wildman–Crippen LogP) is 1.32. The highest BCUT2D eigenvalue weighted by atomic mass is 16.2. The zero-order valence-electron chi connectivity index (χ0n) is 10.9. The Balaban J connectivity index is 2.01. The first-order valence-electron chi connectivity index (χ1n) is 7.02. The van der Waals surface area contributed by atoms with Crippen LogP contribution in [0.5, 0.6) is 0 Å². The Kier molecular flexibility index (Phi) is 4.44. The van der Waals surface area contributed by atoms with E-state index in [4.69, 9.17) is 5.73 Å². The van der Waals surface area contributed by atoms with E-state index in [0.29, 0.717) is 0 Å². The maximum absolute atomic E-state index is 12.5. The molecular formula is C13H23N3O2. The van der Waals surface area contributed by atoms with Crippen LogP contribution in [0, 0.1) is 0 Å². The number of likely N-dealkylation sites (tertiary alicyclic amines) is 1. The van der Waals surface area contributed by atoms with Crippen LogP contribution in [0.2, 0.25) is 0 Å². The van der Waals surface area contributed by atoms with E-state index in [2.05, 4.69) is 0 Å². The number of piperidine rings is 1. The van der Waals surface area contributed by atoms with E-state index in [9.17, 15) is 9.59 Å². The molecule has 18 heavy (non-hydrogen) atoms. The molecule has 0 bridgehead atoms. The predicted molar refractivity (Wildman–Crippen MR) is 69.0 cm³/mol. The van der Waals surface area contributed by atoms with Gasteiger partial charge in [0.05, 0.1) is 0 Å². The van der Waals surface area contributed by atoms with Crippen molar-refractivity contribution in [3.63, 3.8) is 0 Å². The highest BCUT2D eigenvalue weighted by Crippen LogP contribution is 2.25. The molecule has 1 aliphatic heterocycles. The van der Waals surface area contributed by atoms with Crippen molar-refractivity contribution in [3.05, 3.63) is 0 Å². The summed E-state index contributed by atoms with van der Waals surface area (Å²) in [5.41, 5.74) is 5.28. The molecule has 0 spiro atoms. The van der Waals surface area contributed by atoms with Gasteiger partial charge in [-0.1, -0.05) is 12.8 Å². The molecule has 2 rings (SSSR count). The highest BCUT2D eigenvalue weighted by molar-refractivity contribution is 5.83. The number of carbonyl (C=O) groups is 2. The second kappa shape index (κ2) is 6.07. The zero-order valence-corrected chi connectivity index (χ0v) is 10.9. The fourth-order valence-corrected chi connectivity index (χ4v) is 3.00. The summed E-state index contributed by atoms with van der Waals surface area (Å²) in [4.78, 5) is 27.2. The smallest absolute Gasteiger partial charge is 0.320 e. The van der Waals surface area contributed by atoms with Crippen molar-refractivity contribution in [2.24, 2.45) is 5.73 Å². The fraction of sp³-hybridized carbons (Fsp3) is 0.846. The Morgan fingerprint density at radius 1 is 1.06 bits per heavy atom. The summed E-state index contributed by atoms with van der Waals surface area (Å²) in [7, 11) is 0. The van der Waals surface area contributed by atoms with Gasteiger partial charge in [-0.3, -0.25) is 4.79 Å². The number of hydrogen-bond donors (Lipinski definition) is 1. The van der Waals surface area contributed by atoms with Gasteiger partial charge in [0.15, 0.2) is 0 Å². The molecule has 2 aliphatic rings. The van der Waals surface area contributed by atoms with Crippen molar-refractivity contribution >= 4 is 11.9 Å². The number of primary amides is 1. The number of hydrogen-bond acceptors (Lipinski definition) is 2. The standard InChI is InChI=1S/C13H23N3O2/c14-12(17)10-16(11-6-2-3-7-11)13(18)15-8-4-1-5-9-15/h11H,1-10H2,(H2,14,17). The molecule has 102 valence electrons. The molecule has 2 fully saturated rings. The van der Waals surface area contributed by atoms with E-state index >= 15 is 0 Å². The van der Waals surface area contributed by atoms with Gasteiger partial charge in [-0.15, -0.1) is 0 Å². The first kappa shape index (κ1) is 13.2. The fourth-order valence-electron chi connectivity index (χ4n) is 3.00. The van der Waals surface area contributed by atoms with E-state index < -0.39 is 5.91 Å². The number of amides is 3. The zero-order chi connectivity index (χ0) is 13.0.